The topological polar surface area (TPSA) is 57.8 Å². The summed E-state index contributed by atoms with van der Waals surface area (Å²) < 4.78 is 0. The SMILES string of the molecule is O=C(NC1(c2cccc(Cl)c2)CC1)C1CCc2nc[nH]c2C1. The number of rotatable bonds is 3. The molecule has 1 heterocycles. The van der Waals surface area contributed by atoms with Crippen LogP contribution in [-0.2, 0) is 23.2 Å². The van der Waals surface area contributed by atoms with Crippen LogP contribution in [0.5, 0.6) is 0 Å². The van der Waals surface area contributed by atoms with Crippen molar-refractivity contribution in [2.45, 2.75) is 37.6 Å². The van der Waals surface area contributed by atoms with E-state index in [0.29, 0.717) is 0 Å². The van der Waals surface area contributed by atoms with Gasteiger partial charge >= 0.3 is 0 Å². The van der Waals surface area contributed by atoms with Gasteiger partial charge in [0.2, 0.25) is 5.91 Å². The monoisotopic (exact) mass is 315 g/mol. The van der Waals surface area contributed by atoms with Gasteiger partial charge < -0.3 is 10.3 Å². The number of nitrogens with one attached hydrogen (secondary N) is 2. The van der Waals surface area contributed by atoms with Crippen LogP contribution in [0.2, 0.25) is 5.02 Å². The molecule has 1 fully saturated rings. The molecule has 4 rings (SSSR count). The van der Waals surface area contributed by atoms with Gasteiger partial charge in [-0.3, -0.25) is 4.79 Å². The summed E-state index contributed by atoms with van der Waals surface area (Å²) in [5.74, 6) is 0.183. The van der Waals surface area contributed by atoms with Crippen molar-refractivity contribution in [1.82, 2.24) is 15.3 Å². The van der Waals surface area contributed by atoms with Crippen molar-refractivity contribution in [3.63, 3.8) is 0 Å². The number of amides is 1. The molecule has 2 N–H and O–H groups in total. The van der Waals surface area contributed by atoms with Crippen molar-refractivity contribution < 1.29 is 4.79 Å². The van der Waals surface area contributed by atoms with Gasteiger partial charge in [-0.05, 0) is 43.4 Å². The van der Waals surface area contributed by atoms with Gasteiger partial charge in [-0.1, -0.05) is 23.7 Å². The quantitative estimate of drug-likeness (QED) is 0.915. The smallest absolute Gasteiger partial charge is 0.224 e. The molecule has 1 aromatic carbocycles. The Balaban J connectivity index is 1.49. The van der Waals surface area contributed by atoms with Crippen molar-refractivity contribution in [2.24, 2.45) is 5.92 Å². The van der Waals surface area contributed by atoms with E-state index in [4.69, 9.17) is 11.6 Å². The third kappa shape index (κ3) is 2.41. The average molecular weight is 316 g/mol. The van der Waals surface area contributed by atoms with E-state index in [1.54, 1.807) is 6.33 Å². The molecule has 2 aliphatic carbocycles. The summed E-state index contributed by atoms with van der Waals surface area (Å²) in [6, 6.07) is 7.82. The van der Waals surface area contributed by atoms with Gasteiger partial charge in [0.15, 0.2) is 0 Å². The van der Waals surface area contributed by atoms with Gasteiger partial charge in [0.05, 0.1) is 17.6 Å². The van der Waals surface area contributed by atoms with Crippen LogP contribution in [0.4, 0.5) is 0 Å². The number of hydrogen-bond donors (Lipinski definition) is 2. The second kappa shape index (κ2) is 5.13. The van der Waals surface area contributed by atoms with Gasteiger partial charge in [-0.2, -0.15) is 0 Å². The first-order valence-corrected chi connectivity index (χ1v) is 8.13. The number of hydrogen-bond acceptors (Lipinski definition) is 2. The highest BCUT2D eigenvalue weighted by Crippen LogP contribution is 2.46. The second-order valence-corrected chi connectivity index (χ2v) is 6.79. The van der Waals surface area contributed by atoms with Crippen molar-refractivity contribution in [3.8, 4) is 0 Å². The molecule has 0 aliphatic heterocycles. The lowest BCUT2D eigenvalue weighted by atomic mass is 9.88. The zero-order valence-corrected chi connectivity index (χ0v) is 13.0. The Labute approximate surface area is 134 Å². The van der Waals surface area contributed by atoms with Crippen LogP contribution < -0.4 is 5.32 Å². The number of benzene rings is 1. The molecule has 1 saturated carbocycles. The Kier molecular flexibility index (Phi) is 3.22. The highest BCUT2D eigenvalue weighted by Gasteiger charge is 2.46. The van der Waals surface area contributed by atoms with Crippen LogP contribution >= 0.6 is 11.6 Å². The lowest BCUT2D eigenvalue weighted by Crippen LogP contribution is -2.40. The summed E-state index contributed by atoms with van der Waals surface area (Å²) >= 11 is 6.08. The molecule has 0 saturated heterocycles. The maximum Gasteiger partial charge on any atom is 0.224 e. The maximum atomic E-state index is 12.7. The summed E-state index contributed by atoms with van der Waals surface area (Å²) in [5, 5.41) is 3.99. The highest BCUT2D eigenvalue weighted by atomic mass is 35.5. The Bertz CT molecular complexity index is 720. The van der Waals surface area contributed by atoms with E-state index in [-0.39, 0.29) is 17.4 Å². The molecule has 1 aromatic heterocycles. The fraction of sp³-hybridized carbons (Fsp3) is 0.412. The number of aryl methyl sites for hydroxylation is 1. The molecular weight excluding hydrogens is 298 g/mol. The number of halogens is 1. The molecule has 1 amide bonds. The first kappa shape index (κ1) is 13.8. The van der Waals surface area contributed by atoms with E-state index < -0.39 is 0 Å². The van der Waals surface area contributed by atoms with Crippen LogP contribution in [0.15, 0.2) is 30.6 Å². The zero-order chi connectivity index (χ0) is 15.2. The Morgan fingerprint density at radius 2 is 2.27 bits per heavy atom. The fourth-order valence-electron chi connectivity index (χ4n) is 3.36. The number of H-pyrrole nitrogens is 1. The molecule has 114 valence electrons. The Morgan fingerprint density at radius 3 is 3.05 bits per heavy atom. The minimum Gasteiger partial charge on any atom is -0.348 e. The van der Waals surface area contributed by atoms with Crippen molar-refractivity contribution in [3.05, 3.63) is 52.6 Å². The van der Waals surface area contributed by atoms with Gasteiger partial charge in [0.25, 0.3) is 0 Å². The molecule has 5 heteroatoms. The predicted molar refractivity (Wildman–Crippen MR) is 84.6 cm³/mol. The largest absolute Gasteiger partial charge is 0.348 e. The lowest BCUT2D eigenvalue weighted by molar-refractivity contribution is -0.126. The highest BCUT2D eigenvalue weighted by molar-refractivity contribution is 6.30. The van der Waals surface area contributed by atoms with Gasteiger partial charge in [-0.15, -0.1) is 0 Å². The van der Waals surface area contributed by atoms with Gasteiger partial charge in [0, 0.05) is 23.1 Å². The van der Waals surface area contributed by atoms with Crippen molar-refractivity contribution in [1.29, 1.82) is 0 Å². The van der Waals surface area contributed by atoms with Crippen molar-refractivity contribution >= 4 is 17.5 Å². The molecule has 0 spiro atoms. The molecule has 0 radical (unpaired) electrons. The minimum atomic E-state index is -0.198. The third-order valence-electron chi connectivity index (χ3n) is 4.85. The predicted octanol–water partition coefficient (Wildman–Crippen LogP) is 2.97. The fourth-order valence-corrected chi connectivity index (χ4v) is 3.55. The molecular formula is C17H18ClN3O. The number of aromatic nitrogens is 2. The number of carbonyl (C=O) groups is 1. The van der Waals surface area contributed by atoms with Crippen LogP contribution in [-0.4, -0.2) is 15.9 Å². The molecule has 4 nitrogen and oxygen atoms in total. The summed E-state index contributed by atoms with van der Waals surface area (Å²) in [5.41, 5.74) is 3.14. The Morgan fingerprint density at radius 1 is 1.41 bits per heavy atom. The van der Waals surface area contributed by atoms with Crippen molar-refractivity contribution in [2.75, 3.05) is 0 Å². The number of aromatic amines is 1. The van der Waals surface area contributed by atoms with E-state index in [1.807, 2.05) is 24.3 Å². The third-order valence-corrected chi connectivity index (χ3v) is 5.08. The van der Waals surface area contributed by atoms with E-state index in [1.165, 1.54) is 0 Å². The second-order valence-electron chi connectivity index (χ2n) is 6.35. The number of carbonyl (C=O) groups excluding carboxylic acids is 1. The summed E-state index contributed by atoms with van der Waals surface area (Å²) in [7, 11) is 0. The Hall–Kier alpha value is -1.81. The first-order valence-electron chi connectivity index (χ1n) is 7.75. The van der Waals surface area contributed by atoms with Gasteiger partial charge in [-0.25, -0.2) is 4.98 Å². The van der Waals surface area contributed by atoms with Crippen LogP contribution in [0.1, 0.15) is 36.2 Å². The standard InChI is InChI=1S/C17H18ClN3O/c18-13-3-1-2-12(9-13)17(6-7-17)21-16(22)11-4-5-14-15(8-11)20-10-19-14/h1-3,9-11H,4-8H2,(H,19,20)(H,21,22). The normalized spacial score (nSPS) is 22.0. The molecule has 1 atom stereocenters. The number of fused-ring (bicyclic) bond motifs is 1. The van der Waals surface area contributed by atoms with Gasteiger partial charge in [0.1, 0.15) is 0 Å². The van der Waals surface area contributed by atoms with E-state index in [0.717, 1.165) is 54.1 Å². The number of imidazole rings is 1. The van der Waals surface area contributed by atoms with E-state index >= 15 is 0 Å². The lowest BCUT2D eigenvalue weighted by Gasteiger charge is -2.25. The number of nitrogens with zero attached hydrogens (tertiary/aromatic N) is 1. The van der Waals surface area contributed by atoms with E-state index in [2.05, 4.69) is 15.3 Å². The van der Waals surface area contributed by atoms with E-state index in [9.17, 15) is 4.79 Å². The summed E-state index contributed by atoms with van der Waals surface area (Å²) in [6.45, 7) is 0. The summed E-state index contributed by atoms with van der Waals surface area (Å²) in [4.78, 5) is 20.1. The minimum absolute atomic E-state index is 0.0320. The molecule has 2 aromatic rings. The van der Waals surface area contributed by atoms with Crippen LogP contribution in [0.25, 0.3) is 0 Å². The average Bonchev–Trinajstić information content (AvgIpc) is 3.14. The summed E-state index contributed by atoms with van der Waals surface area (Å²) in [6.07, 6.45) is 6.20. The zero-order valence-electron chi connectivity index (χ0n) is 12.2. The van der Waals surface area contributed by atoms with Crippen LogP contribution in [0, 0.1) is 5.92 Å². The molecule has 0 bridgehead atoms. The molecule has 1 unspecified atom stereocenters. The maximum absolute atomic E-state index is 12.7. The first-order chi connectivity index (χ1) is 10.7. The molecule has 22 heavy (non-hydrogen) atoms. The molecule has 2 aliphatic rings. The van der Waals surface area contributed by atoms with Crippen LogP contribution in [0.3, 0.4) is 0 Å².